The quantitative estimate of drug-likeness (QED) is 0.196. The van der Waals surface area contributed by atoms with Crippen LogP contribution in [-0.4, -0.2) is 18.8 Å². The van der Waals surface area contributed by atoms with E-state index >= 15 is 0 Å². The SMILES string of the molecule is CCCC(SCCC(=O)OC)c1ccccc1CCCCCCCCc1ccccc1. The van der Waals surface area contributed by atoms with Gasteiger partial charge in [-0.05, 0) is 48.8 Å². The first-order valence-corrected chi connectivity index (χ1v) is 13.1. The Morgan fingerprint density at radius 2 is 1.52 bits per heavy atom. The van der Waals surface area contributed by atoms with Crippen molar-refractivity contribution in [3.8, 4) is 0 Å². The van der Waals surface area contributed by atoms with Gasteiger partial charge in [-0.25, -0.2) is 0 Å². The van der Waals surface area contributed by atoms with Gasteiger partial charge in [0, 0.05) is 11.0 Å². The van der Waals surface area contributed by atoms with Gasteiger partial charge in [0.05, 0.1) is 13.5 Å². The van der Waals surface area contributed by atoms with Crippen LogP contribution in [0, 0.1) is 0 Å². The lowest BCUT2D eigenvalue weighted by atomic mass is 9.96. The van der Waals surface area contributed by atoms with Crippen molar-refractivity contribution in [3.63, 3.8) is 0 Å². The Kier molecular flexibility index (Phi) is 13.1. The number of carbonyl (C=O) groups excluding carboxylic acids is 1. The number of methoxy groups -OCH3 is 1. The summed E-state index contributed by atoms with van der Waals surface area (Å²) in [6.45, 7) is 2.24. The summed E-state index contributed by atoms with van der Waals surface area (Å²) < 4.78 is 4.79. The smallest absolute Gasteiger partial charge is 0.306 e. The fourth-order valence-electron chi connectivity index (χ4n) is 4.05. The number of hydrogen-bond donors (Lipinski definition) is 0. The molecule has 2 rings (SSSR count). The molecule has 0 aliphatic carbocycles. The molecule has 2 nitrogen and oxygen atoms in total. The average molecular weight is 441 g/mol. The van der Waals surface area contributed by atoms with E-state index in [-0.39, 0.29) is 5.97 Å². The van der Waals surface area contributed by atoms with Gasteiger partial charge in [0.2, 0.25) is 0 Å². The minimum atomic E-state index is -0.111. The van der Waals surface area contributed by atoms with Gasteiger partial charge >= 0.3 is 5.97 Å². The molecule has 1 unspecified atom stereocenters. The Balaban J connectivity index is 1.70. The van der Waals surface area contributed by atoms with Crippen LogP contribution in [0.2, 0.25) is 0 Å². The van der Waals surface area contributed by atoms with E-state index in [9.17, 15) is 4.79 Å². The molecule has 0 aliphatic heterocycles. The van der Waals surface area contributed by atoms with Gasteiger partial charge < -0.3 is 4.74 Å². The van der Waals surface area contributed by atoms with Crippen LogP contribution < -0.4 is 0 Å². The van der Waals surface area contributed by atoms with Crippen molar-refractivity contribution in [1.29, 1.82) is 0 Å². The van der Waals surface area contributed by atoms with Crippen molar-refractivity contribution in [3.05, 3.63) is 71.3 Å². The number of aryl methyl sites for hydroxylation is 2. The summed E-state index contributed by atoms with van der Waals surface area (Å²) in [6.07, 6.45) is 13.1. The molecule has 170 valence electrons. The van der Waals surface area contributed by atoms with Crippen molar-refractivity contribution in [1.82, 2.24) is 0 Å². The summed E-state index contributed by atoms with van der Waals surface area (Å²) in [4.78, 5) is 11.5. The lowest BCUT2D eigenvalue weighted by Crippen LogP contribution is -2.05. The maximum atomic E-state index is 11.5. The third kappa shape index (κ3) is 10.4. The Labute approximate surface area is 194 Å². The summed E-state index contributed by atoms with van der Waals surface area (Å²) in [5.74, 6) is 0.717. The van der Waals surface area contributed by atoms with E-state index in [1.54, 1.807) is 0 Å². The van der Waals surface area contributed by atoms with Crippen LogP contribution in [0.5, 0.6) is 0 Å². The molecule has 0 aromatic heterocycles. The van der Waals surface area contributed by atoms with Crippen LogP contribution in [0.15, 0.2) is 54.6 Å². The van der Waals surface area contributed by atoms with Gasteiger partial charge in [0.15, 0.2) is 0 Å². The molecule has 0 radical (unpaired) electrons. The standard InChI is InChI=1S/C28H40O2S/c1-3-15-27(31-23-22-28(29)30-2)26-21-14-13-20-25(26)19-12-7-5-4-6-9-16-24-17-10-8-11-18-24/h8,10-11,13-14,17-18,20-21,27H,3-7,9,12,15-16,19,22-23H2,1-2H3. The lowest BCUT2D eigenvalue weighted by Gasteiger charge is -2.20. The fourth-order valence-corrected chi connectivity index (χ4v) is 5.43. The molecule has 2 aromatic rings. The number of hydrogen-bond acceptors (Lipinski definition) is 3. The van der Waals surface area contributed by atoms with Crippen molar-refractivity contribution >= 4 is 17.7 Å². The highest BCUT2D eigenvalue weighted by atomic mass is 32.2. The maximum absolute atomic E-state index is 11.5. The lowest BCUT2D eigenvalue weighted by molar-refractivity contribution is -0.140. The van der Waals surface area contributed by atoms with Crippen LogP contribution in [0.1, 0.15) is 86.7 Å². The van der Waals surface area contributed by atoms with E-state index in [1.165, 1.54) is 68.7 Å². The molecule has 0 spiro atoms. The third-order valence-corrected chi connectivity index (χ3v) is 7.14. The molecule has 1 atom stereocenters. The summed E-state index contributed by atoms with van der Waals surface area (Å²) in [5.41, 5.74) is 4.43. The molecule has 3 heteroatoms. The number of rotatable bonds is 16. The van der Waals surface area contributed by atoms with E-state index in [4.69, 9.17) is 4.74 Å². The van der Waals surface area contributed by atoms with E-state index in [2.05, 4.69) is 61.5 Å². The zero-order valence-corrected chi connectivity index (χ0v) is 20.3. The van der Waals surface area contributed by atoms with E-state index in [0.717, 1.165) is 25.0 Å². The first-order chi connectivity index (χ1) is 15.2. The molecular weight excluding hydrogens is 400 g/mol. The zero-order valence-electron chi connectivity index (χ0n) is 19.5. The number of esters is 1. The van der Waals surface area contributed by atoms with Crippen molar-refractivity contribution < 1.29 is 9.53 Å². The van der Waals surface area contributed by atoms with E-state index in [0.29, 0.717) is 11.7 Å². The molecule has 0 fully saturated rings. The number of carbonyl (C=O) groups is 1. The number of benzene rings is 2. The second kappa shape index (κ2) is 16.0. The second-order valence-electron chi connectivity index (χ2n) is 8.28. The molecule has 0 saturated carbocycles. The van der Waals surface area contributed by atoms with Crippen LogP contribution in [0.25, 0.3) is 0 Å². The van der Waals surface area contributed by atoms with Crippen LogP contribution in [0.4, 0.5) is 0 Å². The molecule has 2 aromatic carbocycles. The second-order valence-corrected chi connectivity index (χ2v) is 9.59. The molecule has 0 heterocycles. The first kappa shape index (κ1) is 25.5. The minimum Gasteiger partial charge on any atom is -0.469 e. The Morgan fingerprint density at radius 1 is 0.871 bits per heavy atom. The number of ether oxygens (including phenoxy) is 1. The van der Waals surface area contributed by atoms with Crippen LogP contribution >= 0.6 is 11.8 Å². The summed E-state index contributed by atoms with van der Waals surface area (Å²) in [5, 5.41) is 0.476. The predicted octanol–water partition coefficient (Wildman–Crippen LogP) is 7.95. The van der Waals surface area contributed by atoms with E-state index < -0.39 is 0 Å². The molecule has 0 saturated heterocycles. The molecule has 0 amide bonds. The molecule has 0 N–H and O–H groups in total. The van der Waals surface area contributed by atoms with Crippen LogP contribution in [0.3, 0.4) is 0 Å². The van der Waals surface area contributed by atoms with Gasteiger partial charge in [-0.1, -0.05) is 93.6 Å². The molecule has 31 heavy (non-hydrogen) atoms. The fraction of sp³-hybridized carbons (Fsp3) is 0.536. The van der Waals surface area contributed by atoms with Gasteiger partial charge in [-0.2, -0.15) is 11.8 Å². The largest absolute Gasteiger partial charge is 0.469 e. The Bertz CT molecular complexity index is 729. The van der Waals surface area contributed by atoms with Gasteiger partial charge in [0.25, 0.3) is 0 Å². The highest BCUT2D eigenvalue weighted by Gasteiger charge is 2.15. The molecular formula is C28H40O2S. The topological polar surface area (TPSA) is 26.3 Å². The summed E-state index contributed by atoms with van der Waals surface area (Å²) >= 11 is 1.91. The van der Waals surface area contributed by atoms with Crippen molar-refractivity contribution in [2.45, 2.75) is 82.8 Å². The molecule has 0 aliphatic rings. The monoisotopic (exact) mass is 440 g/mol. The first-order valence-electron chi connectivity index (χ1n) is 12.0. The van der Waals surface area contributed by atoms with E-state index in [1.807, 2.05) is 11.8 Å². The number of unbranched alkanes of at least 4 members (excludes halogenated alkanes) is 5. The predicted molar refractivity (Wildman–Crippen MR) is 135 cm³/mol. The Morgan fingerprint density at radius 3 is 2.23 bits per heavy atom. The maximum Gasteiger partial charge on any atom is 0.306 e. The normalized spacial score (nSPS) is 11.9. The van der Waals surface area contributed by atoms with Gasteiger partial charge in [-0.15, -0.1) is 0 Å². The average Bonchev–Trinajstić information content (AvgIpc) is 2.81. The Hall–Kier alpha value is -1.74. The zero-order chi connectivity index (χ0) is 22.2. The highest BCUT2D eigenvalue weighted by Crippen LogP contribution is 2.36. The number of thioether (sulfide) groups is 1. The minimum absolute atomic E-state index is 0.111. The van der Waals surface area contributed by atoms with Gasteiger partial charge in [0.1, 0.15) is 0 Å². The summed E-state index contributed by atoms with van der Waals surface area (Å²) in [7, 11) is 1.47. The summed E-state index contributed by atoms with van der Waals surface area (Å²) in [6, 6.07) is 19.8. The van der Waals surface area contributed by atoms with Crippen LogP contribution in [-0.2, 0) is 22.4 Å². The highest BCUT2D eigenvalue weighted by molar-refractivity contribution is 7.99. The van der Waals surface area contributed by atoms with Crippen molar-refractivity contribution in [2.24, 2.45) is 0 Å². The van der Waals surface area contributed by atoms with Gasteiger partial charge in [-0.3, -0.25) is 4.79 Å². The molecule has 0 bridgehead atoms. The third-order valence-electron chi connectivity index (χ3n) is 5.81. The van der Waals surface area contributed by atoms with Crippen molar-refractivity contribution in [2.75, 3.05) is 12.9 Å².